The van der Waals surface area contributed by atoms with E-state index in [1.165, 1.54) is 17.8 Å². The Hall–Kier alpha value is -0.410. The van der Waals surface area contributed by atoms with E-state index in [1.54, 1.807) is 11.3 Å². The molecule has 92 valence electrons. The summed E-state index contributed by atoms with van der Waals surface area (Å²) in [5.74, 6) is 0.778. The van der Waals surface area contributed by atoms with Gasteiger partial charge in [-0.25, -0.2) is 4.98 Å². The molecular weight excluding hydrogens is 216 g/mol. The van der Waals surface area contributed by atoms with E-state index in [2.05, 4.69) is 50.3 Å². The maximum absolute atomic E-state index is 4.57. The van der Waals surface area contributed by atoms with Gasteiger partial charge in [-0.15, -0.1) is 11.3 Å². The molecule has 0 saturated carbocycles. The summed E-state index contributed by atoms with van der Waals surface area (Å²) in [5.41, 5.74) is 1.12. The monoisotopic (exact) mass is 240 g/mol. The molecule has 1 heterocycles. The lowest BCUT2D eigenvalue weighted by atomic mass is 10.0. The number of hydrogen-bond acceptors (Lipinski definition) is 3. The van der Waals surface area contributed by atoms with Crippen LogP contribution in [0.15, 0.2) is 5.38 Å². The summed E-state index contributed by atoms with van der Waals surface area (Å²) in [6.45, 7) is 12.1. The van der Waals surface area contributed by atoms with Crippen LogP contribution in [0, 0.1) is 12.8 Å². The first kappa shape index (κ1) is 13.7. The van der Waals surface area contributed by atoms with Gasteiger partial charge in [0, 0.05) is 11.1 Å². The van der Waals surface area contributed by atoms with Crippen LogP contribution in [-0.4, -0.2) is 11.5 Å². The molecule has 0 bridgehead atoms. The minimum absolute atomic E-state index is 0.00150. The van der Waals surface area contributed by atoms with Crippen LogP contribution < -0.4 is 5.32 Å². The van der Waals surface area contributed by atoms with Gasteiger partial charge in [0.15, 0.2) is 0 Å². The van der Waals surface area contributed by atoms with Gasteiger partial charge in [-0.2, -0.15) is 0 Å². The summed E-state index contributed by atoms with van der Waals surface area (Å²) < 4.78 is 0. The van der Waals surface area contributed by atoms with Crippen LogP contribution >= 0.6 is 11.3 Å². The molecule has 0 amide bonds. The van der Waals surface area contributed by atoms with Crippen molar-refractivity contribution in [1.29, 1.82) is 0 Å². The molecule has 0 saturated heterocycles. The van der Waals surface area contributed by atoms with Crippen molar-refractivity contribution in [1.82, 2.24) is 10.3 Å². The lowest BCUT2D eigenvalue weighted by Crippen LogP contribution is -2.39. The van der Waals surface area contributed by atoms with Crippen LogP contribution in [0.4, 0.5) is 0 Å². The largest absolute Gasteiger partial charge is 0.306 e. The molecule has 0 aliphatic rings. The Balaban J connectivity index is 2.58. The van der Waals surface area contributed by atoms with Crippen LogP contribution in [0.25, 0.3) is 0 Å². The Labute approximate surface area is 103 Å². The second-order valence-electron chi connectivity index (χ2n) is 4.98. The third-order valence-electron chi connectivity index (χ3n) is 3.14. The van der Waals surface area contributed by atoms with Crippen molar-refractivity contribution >= 4 is 11.3 Å². The van der Waals surface area contributed by atoms with E-state index in [1.807, 2.05) is 0 Å². The molecule has 1 rings (SSSR count). The lowest BCUT2D eigenvalue weighted by molar-refractivity contribution is 0.343. The molecule has 0 unspecified atom stereocenters. The average Bonchev–Trinajstić information content (AvgIpc) is 2.67. The first-order valence-corrected chi connectivity index (χ1v) is 7.05. The predicted octanol–water partition coefficient (Wildman–Crippen LogP) is 3.71. The third kappa shape index (κ3) is 3.56. The summed E-state index contributed by atoms with van der Waals surface area (Å²) in [5, 5.41) is 6.95. The standard InChI is InChI=1S/C13H24N2S/c1-6-11(7-2)8-14-13(4,5)12-15-10(3)9-16-12/h9,11,14H,6-8H2,1-5H3. The van der Waals surface area contributed by atoms with E-state index in [-0.39, 0.29) is 5.54 Å². The zero-order valence-corrected chi connectivity index (χ0v) is 11.9. The maximum Gasteiger partial charge on any atom is 0.112 e. The number of nitrogens with zero attached hydrogens (tertiary/aromatic N) is 1. The van der Waals surface area contributed by atoms with Gasteiger partial charge in [0.25, 0.3) is 0 Å². The number of rotatable bonds is 6. The summed E-state index contributed by atoms with van der Waals surface area (Å²) in [7, 11) is 0. The minimum Gasteiger partial charge on any atom is -0.306 e. The number of aryl methyl sites for hydroxylation is 1. The van der Waals surface area contributed by atoms with Crippen molar-refractivity contribution < 1.29 is 0 Å². The van der Waals surface area contributed by atoms with E-state index in [0.29, 0.717) is 0 Å². The highest BCUT2D eigenvalue weighted by atomic mass is 32.1. The molecule has 2 nitrogen and oxygen atoms in total. The zero-order valence-electron chi connectivity index (χ0n) is 11.1. The molecule has 16 heavy (non-hydrogen) atoms. The van der Waals surface area contributed by atoms with Gasteiger partial charge in [-0.3, -0.25) is 0 Å². The molecule has 0 atom stereocenters. The Morgan fingerprint density at radius 1 is 1.38 bits per heavy atom. The quantitative estimate of drug-likeness (QED) is 0.820. The van der Waals surface area contributed by atoms with Crippen LogP contribution in [0.5, 0.6) is 0 Å². The molecule has 3 heteroatoms. The Bertz CT molecular complexity index is 313. The van der Waals surface area contributed by atoms with Crippen LogP contribution in [-0.2, 0) is 5.54 Å². The summed E-state index contributed by atoms with van der Waals surface area (Å²) >= 11 is 1.75. The van der Waals surface area contributed by atoms with E-state index in [9.17, 15) is 0 Å². The highest BCUT2D eigenvalue weighted by Gasteiger charge is 2.23. The first-order chi connectivity index (χ1) is 7.49. The van der Waals surface area contributed by atoms with E-state index in [4.69, 9.17) is 0 Å². The van der Waals surface area contributed by atoms with Crippen molar-refractivity contribution in [3.05, 3.63) is 16.1 Å². The van der Waals surface area contributed by atoms with Gasteiger partial charge < -0.3 is 5.32 Å². The highest BCUT2D eigenvalue weighted by molar-refractivity contribution is 7.09. The fraction of sp³-hybridized carbons (Fsp3) is 0.769. The number of thiazole rings is 1. The normalized spacial score (nSPS) is 12.4. The molecule has 0 spiro atoms. The molecule has 1 aromatic rings. The predicted molar refractivity (Wildman–Crippen MR) is 72.0 cm³/mol. The maximum atomic E-state index is 4.57. The van der Waals surface area contributed by atoms with Crippen LogP contribution in [0.2, 0.25) is 0 Å². The van der Waals surface area contributed by atoms with Crippen molar-refractivity contribution in [2.75, 3.05) is 6.54 Å². The Morgan fingerprint density at radius 2 is 2.00 bits per heavy atom. The van der Waals surface area contributed by atoms with E-state index in [0.717, 1.165) is 18.2 Å². The molecule has 0 aliphatic carbocycles. The minimum atomic E-state index is 0.00150. The van der Waals surface area contributed by atoms with E-state index < -0.39 is 0 Å². The summed E-state index contributed by atoms with van der Waals surface area (Å²) in [6.07, 6.45) is 2.49. The first-order valence-electron chi connectivity index (χ1n) is 6.17. The molecule has 0 radical (unpaired) electrons. The zero-order chi connectivity index (χ0) is 12.2. The van der Waals surface area contributed by atoms with Gasteiger partial charge >= 0.3 is 0 Å². The van der Waals surface area contributed by atoms with Gasteiger partial charge in [0.2, 0.25) is 0 Å². The fourth-order valence-electron chi connectivity index (χ4n) is 1.69. The van der Waals surface area contributed by atoms with Gasteiger partial charge in [0.1, 0.15) is 5.01 Å². The molecular formula is C13H24N2S. The van der Waals surface area contributed by atoms with Crippen LogP contribution in [0.1, 0.15) is 51.2 Å². The molecule has 0 fully saturated rings. The second kappa shape index (κ2) is 5.78. The topological polar surface area (TPSA) is 24.9 Å². The molecule has 0 aliphatic heterocycles. The van der Waals surface area contributed by atoms with Gasteiger partial charge in [0.05, 0.1) is 5.54 Å². The third-order valence-corrected chi connectivity index (χ3v) is 4.42. The summed E-state index contributed by atoms with van der Waals surface area (Å²) in [6, 6.07) is 0. The van der Waals surface area contributed by atoms with Gasteiger partial charge in [-0.05, 0) is 33.2 Å². The molecule has 1 aromatic heterocycles. The smallest absolute Gasteiger partial charge is 0.112 e. The average molecular weight is 240 g/mol. The Kier molecular flexibility index (Phi) is 4.93. The Morgan fingerprint density at radius 3 is 2.44 bits per heavy atom. The van der Waals surface area contributed by atoms with E-state index >= 15 is 0 Å². The second-order valence-corrected chi connectivity index (χ2v) is 5.84. The number of aromatic nitrogens is 1. The van der Waals surface area contributed by atoms with Crippen LogP contribution in [0.3, 0.4) is 0 Å². The molecule has 0 aromatic carbocycles. The fourth-order valence-corrected chi connectivity index (χ4v) is 2.59. The van der Waals surface area contributed by atoms with Crippen molar-refractivity contribution in [3.63, 3.8) is 0 Å². The number of nitrogens with one attached hydrogen (secondary N) is 1. The molecule has 1 N–H and O–H groups in total. The number of hydrogen-bond donors (Lipinski definition) is 1. The van der Waals surface area contributed by atoms with Crippen molar-refractivity contribution in [3.8, 4) is 0 Å². The highest BCUT2D eigenvalue weighted by Crippen LogP contribution is 2.24. The lowest BCUT2D eigenvalue weighted by Gasteiger charge is -2.26. The van der Waals surface area contributed by atoms with Gasteiger partial charge in [-0.1, -0.05) is 26.7 Å². The van der Waals surface area contributed by atoms with Crippen molar-refractivity contribution in [2.24, 2.45) is 5.92 Å². The summed E-state index contributed by atoms with van der Waals surface area (Å²) in [4.78, 5) is 4.57. The SMILES string of the molecule is CCC(CC)CNC(C)(C)c1nc(C)cs1. The van der Waals surface area contributed by atoms with Crippen molar-refractivity contribution in [2.45, 2.75) is 53.0 Å².